The second-order valence-electron chi connectivity index (χ2n) is 5.47. The molecule has 0 saturated carbocycles. The number of ketones is 1. The van der Waals surface area contributed by atoms with Gasteiger partial charge in [0.15, 0.2) is 21.8 Å². The van der Waals surface area contributed by atoms with Gasteiger partial charge in [0.2, 0.25) is 5.13 Å². The predicted molar refractivity (Wildman–Crippen MR) is 99.7 cm³/mol. The van der Waals surface area contributed by atoms with Gasteiger partial charge in [0.25, 0.3) is 0 Å². The van der Waals surface area contributed by atoms with Gasteiger partial charge < -0.3 is 5.32 Å². The molecule has 4 nitrogen and oxygen atoms in total. The van der Waals surface area contributed by atoms with Gasteiger partial charge in [-0.05, 0) is 30.7 Å². The second-order valence-corrected chi connectivity index (χ2v) is 8.03. The molecule has 26 heavy (non-hydrogen) atoms. The van der Waals surface area contributed by atoms with Crippen LogP contribution in [0.25, 0.3) is 0 Å². The summed E-state index contributed by atoms with van der Waals surface area (Å²) in [5.74, 6) is -2.29. The molecule has 0 fully saturated rings. The molecule has 3 rings (SSSR count). The third-order valence-corrected chi connectivity index (χ3v) is 5.61. The Morgan fingerprint density at radius 3 is 2.65 bits per heavy atom. The Kier molecular flexibility index (Phi) is 5.95. The topological polar surface area (TPSA) is 54.9 Å². The van der Waals surface area contributed by atoms with E-state index in [4.69, 9.17) is 0 Å². The summed E-state index contributed by atoms with van der Waals surface area (Å²) in [5, 5.41) is 11.5. The number of aromatic nitrogens is 2. The molecule has 1 N–H and O–H groups in total. The Balaban J connectivity index is 1.59. The maximum atomic E-state index is 13.3. The highest BCUT2D eigenvalue weighted by atomic mass is 32.2. The largest absolute Gasteiger partial charge is 0.356 e. The number of hydrogen-bond donors (Lipinski definition) is 1. The summed E-state index contributed by atoms with van der Waals surface area (Å²) in [7, 11) is 0. The first-order valence-electron chi connectivity index (χ1n) is 7.80. The average Bonchev–Trinajstić information content (AvgIpc) is 3.10. The predicted octanol–water partition coefficient (Wildman–Crippen LogP) is 4.79. The van der Waals surface area contributed by atoms with E-state index >= 15 is 0 Å². The van der Waals surface area contributed by atoms with E-state index in [1.54, 1.807) is 6.92 Å². The van der Waals surface area contributed by atoms with Crippen LogP contribution in [0.15, 0.2) is 52.9 Å². The number of rotatable bonds is 7. The molecule has 8 heteroatoms. The van der Waals surface area contributed by atoms with Crippen LogP contribution >= 0.6 is 23.1 Å². The number of hydrogen-bond acceptors (Lipinski definition) is 6. The highest BCUT2D eigenvalue weighted by Gasteiger charge is 2.20. The molecule has 1 aromatic heterocycles. The third kappa shape index (κ3) is 4.64. The van der Waals surface area contributed by atoms with Crippen molar-refractivity contribution in [2.45, 2.75) is 23.1 Å². The molecule has 1 atom stereocenters. The zero-order valence-corrected chi connectivity index (χ0v) is 15.4. The minimum atomic E-state index is -1.03. The van der Waals surface area contributed by atoms with Crippen molar-refractivity contribution in [1.82, 2.24) is 10.2 Å². The number of benzene rings is 2. The minimum absolute atomic E-state index is 0.135. The molecule has 0 unspecified atom stereocenters. The smallest absolute Gasteiger partial charge is 0.206 e. The monoisotopic (exact) mass is 391 g/mol. The Labute approximate surface area is 157 Å². The zero-order chi connectivity index (χ0) is 18.5. The van der Waals surface area contributed by atoms with E-state index in [0.29, 0.717) is 16.0 Å². The van der Waals surface area contributed by atoms with Crippen molar-refractivity contribution in [2.75, 3.05) is 5.32 Å². The summed E-state index contributed by atoms with van der Waals surface area (Å²) in [6.45, 7) is 2.33. The molecule has 1 heterocycles. The molecule has 0 bridgehead atoms. The standard InChI is InChI=1S/C18H15F2N3OS2/c1-11(16(24)13-7-8-14(19)15(20)9-13)25-18-23-22-17(26-18)21-10-12-5-3-2-4-6-12/h2-9,11H,10H2,1H3,(H,21,22)/t11-/m0/s1. The van der Waals surface area contributed by atoms with Crippen molar-refractivity contribution in [3.05, 3.63) is 71.3 Å². The molecule has 134 valence electrons. The first-order chi connectivity index (χ1) is 12.5. The van der Waals surface area contributed by atoms with Crippen LogP contribution in [0.4, 0.5) is 13.9 Å². The van der Waals surface area contributed by atoms with Gasteiger partial charge >= 0.3 is 0 Å². The van der Waals surface area contributed by atoms with Gasteiger partial charge in [-0.25, -0.2) is 8.78 Å². The van der Waals surface area contributed by atoms with E-state index in [1.165, 1.54) is 29.2 Å². The number of halogens is 2. The summed E-state index contributed by atoms with van der Waals surface area (Å²) in [5.41, 5.74) is 1.26. The number of carbonyl (C=O) groups excluding carboxylic acids is 1. The molecule has 0 radical (unpaired) electrons. The number of thioether (sulfide) groups is 1. The third-order valence-electron chi connectivity index (χ3n) is 3.54. The van der Waals surface area contributed by atoms with Crippen molar-refractivity contribution >= 4 is 34.0 Å². The quantitative estimate of drug-likeness (QED) is 0.463. The van der Waals surface area contributed by atoms with Crippen LogP contribution in [0.2, 0.25) is 0 Å². The maximum absolute atomic E-state index is 13.3. The summed E-state index contributed by atoms with van der Waals surface area (Å²) in [6, 6.07) is 13.0. The van der Waals surface area contributed by atoms with E-state index < -0.39 is 16.9 Å². The highest BCUT2D eigenvalue weighted by molar-refractivity contribution is 8.02. The molecule has 0 aliphatic carbocycles. The lowest BCUT2D eigenvalue weighted by molar-refractivity contribution is 0.0993. The van der Waals surface area contributed by atoms with Crippen LogP contribution in [0.3, 0.4) is 0 Å². The lowest BCUT2D eigenvalue weighted by atomic mass is 10.1. The lowest BCUT2D eigenvalue weighted by Gasteiger charge is -2.08. The SMILES string of the molecule is C[C@H](Sc1nnc(NCc2ccccc2)s1)C(=O)c1ccc(F)c(F)c1. The molecule has 2 aromatic carbocycles. The summed E-state index contributed by atoms with van der Waals surface area (Å²) in [6.07, 6.45) is 0. The number of anilines is 1. The average molecular weight is 391 g/mol. The van der Waals surface area contributed by atoms with Crippen molar-refractivity contribution in [1.29, 1.82) is 0 Å². The fourth-order valence-electron chi connectivity index (χ4n) is 2.19. The zero-order valence-electron chi connectivity index (χ0n) is 13.8. The van der Waals surface area contributed by atoms with E-state index in [-0.39, 0.29) is 11.3 Å². The molecular formula is C18H15F2N3OS2. The summed E-state index contributed by atoms with van der Waals surface area (Å²) < 4.78 is 26.9. The fraction of sp³-hybridized carbons (Fsp3) is 0.167. The Bertz CT molecular complexity index is 902. The molecule has 0 aliphatic heterocycles. The summed E-state index contributed by atoms with van der Waals surface area (Å²) in [4.78, 5) is 12.4. The Hall–Kier alpha value is -2.32. The van der Waals surface area contributed by atoms with Gasteiger partial charge in [-0.1, -0.05) is 53.4 Å². The normalized spacial score (nSPS) is 12.0. The minimum Gasteiger partial charge on any atom is -0.356 e. The molecule has 0 spiro atoms. The molecule has 0 amide bonds. The van der Waals surface area contributed by atoms with Gasteiger partial charge in [-0.2, -0.15) is 0 Å². The van der Waals surface area contributed by atoms with Crippen molar-refractivity contribution in [3.63, 3.8) is 0 Å². The van der Waals surface area contributed by atoms with Crippen LogP contribution in [-0.4, -0.2) is 21.2 Å². The van der Waals surface area contributed by atoms with E-state index in [9.17, 15) is 13.6 Å². The van der Waals surface area contributed by atoms with Crippen LogP contribution in [0.5, 0.6) is 0 Å². The van der Waals surface area contributed by atoms with Crippen LogP contribution in [0.1, 0.15) is 22.8 Å². The van der Waals surface area contributed by atoms with Gasteiger partial charge in [0.05, 0.1) is 5.25 Å². The van der Waals surface area contributed by atoms with Crippen LogP contribution in [0, 0.1) is 11.6 Å². The second kappa shape index (κ2) is 8.37. The Morgan fingerprint density at radius 1 is 1.15 bits per heavy atom. The Morgan fingerprint density at radius 2 is 1.92 bits per heavy atom. The number of carbonyl (C=O) groups is 1. The molecule has 3 aromatic rings. The fourth-order valence-corrected chi connectivity index (χ4v) is 4.16. The summed E-state index contributed by atoms with van der Waals surface area (Å²) >= 11 is 2.58. The first kappa shape index (κ1) is 18.5. The van der Waals surface area contributed by atoms with E-state index in [1.807, 2.05) is 30.3 Å². The number of Topliss-reactive ketones (excluding diaryl/α,β-unsaturated/α-hetero) is 1. The van der Waals surface area contributed by atoms with Crippen molar-refractivity contribution < 1.29 is 13.6 Å². The molecular weight excluding hydrogens is 376 g/mol. The highest BCUT2D eigenvalue weighted by Crippen LogP contribution is 2.30. The number of nitrogens with zero attached hydrogens (tertiary/aromatic N) is 2. The number of nitrogens with one attached hydrogen (secondary N) is 1. The van der Waals surface area contributed by atoms with Crippen LogP contribution in [-0.2, 0) is 6.54 Å². The molecule has 0 saturated heterocycles. The van der Waals surface area contributed by atoms with Gasteiger partial charge in [0.1, 0.15) is 0 Å². The maximum Gasteiger partial charge on any atom is 0.206 e. The first-order valence-corrected chi connectivity index (χ1v) is 9.50. The van der Waals surface area contributed by atoms with E-state index in [0.717, 1.165) is 17.7 Å². The van der Waals surface area contributed by atoms with Gasteiger partial charge in [-0.3, -0.25) is 4.79 Å². The van der Waals surface area contributed by atoms with Gasteiger partial charge in [-0.15, -0.1) is 10.2 Å². The van der Waals surface area contributed by atoms with E-state index in [2.05, 4.69) is 15.5 Å². The van der Waals surface area contributed by atoms with Crippen molar-refractivity contribution in [3.8, 4) is 0 Å². The van der Waals surface area contributed by atoms with Crippen molar-refractivity contribution in [2.24, 2.45) is 0 Å². The van der Waals surface area contributed by atoms with Crippen LogP contribution < -0.4 is 5.32 Å². The lowest BCUT2D eigenvalue weighted by Crippen LogP contribution is -2.13. The molecule has 0 aliphatic rings. The van der Waals surface area contributed by atoms with Gasteiger partial charge in [0, 0.05) is 12.1 Å².